The first-order chi connectivity index (χ1) is 15.7. The van der Waals surface area contributed by atoms with Crippen LogP contribution in [-0.2, 0) is 11.3 Å². The van der Waals surface area contributed by atoms with E-state index in [1.165, 1.54) is 5.56 Å². The fourth-order valence-corrected chi connectivity index (χ4v) is 3.85. The van der Waals surface area contributed by atoms with Crippen molar-refractivity contribution in [2.24, 2.45) is 0 Å². The van der Waals surface area contributed by atoms with E-state index in [1.54, 1.807) is 24.3 Å². The van der Waals surface area contributed by atoms with Crippen molar-refractivity contribution in [3.05, 3.63) is 96.1 Å². The van der Waals surface area contributed by atoms with Gasteiger partial charge in [0, 0.05) is 51.1 Å². The van der Waals surface area contributed by atoms with Gasteiger partial charge in [0.25, 0.3) is 0 Å². The second-order valence-electron chi connectivity index (χ2n) is 8.01. The highest BCUT2D eigenvalue weighted by Gasteiger charge is 2.21. The van der Waals surface area contributed by atoms with Crippen LogP contribution in [0.25, 0.3) is 0 Å². The Labute approximate surface area is 189 Å². The number of hydrogen-bond donors (Lipinski definition) is 0. The lowest BCUT2D eigenvalue weighted by atomic mass is 10.1. The third-order valence-corrected chi connectivity index (χ3v) is 5.70. The fraction of sp³-hybridized carbons (Fsp3) is 0.259. The third kappa shape index (κ3) is 6.05. The molecule has 1 amide bonds. The molecule has 1 fully saturated rings. The Bertz CT molecular complexity index is 1010. The lowest BCUT2D eigenvalue weighted by Gasteiger charge is -2.34. The number of piperazine rings is 1. The van der Waals surface area contributed by atoms with Crippen LogP contribution in [0, 0.1) is 0 Å². The highest BCUT2D eigenvalue weighted by atomic mass is 16.5. The Morgan fingerprint density at radius 1 is 0.688 bits per heavy atom. The second kappa shape index (κ2) is 10.7. The number of ketones is 1. The van der Waals surface area contributed by atoms with Gasteiger partial charge in [0.05, 0.1) is 0 Å². The fourth-order valence-electron chi connectivity index (χ4n) is 3.85. The van der Waals surface area contributed by atoms with Crippen LogP contribution >= 0.6 is 0 Å². The van der Waals surface area contributed by atoms with E-state index < -0.39 is 0 Å². The van der Waals surface area contributed by atoms with Gasteiger partial charge in [0.1, 0.15) is 11.5 Å². The first kappa shape index (κ1) is 21.8. The molecule has 0 spiro atoms. The van der Waals surface area contributed by atoms with Crippen molar-refractivity contribution in [3.8, 4) is 11.5 Å². The summed E-state index contributed by atoms with van der Waals surface area (Å²) in [6.45, 7) is 4.05. The summed E-state index contributed by atoms with van der Waals surface area (Å²) in [5.74, 6) is 1.47. The molecule has 1 saturated heterocycles. The van der Waals surface area contributed by atoms with Crippen molar-refractivity contribution in [3.63, 3.8) is 0 Å². The van der Waals surface area contributed by atoms with Crippen molar-refractivity contribution in [1.29, 1.82) is 0 Å². The molecule has 5 heteroatoms. The predicted octanol–water partition coefficient (Wildman–Crippen LogP) is 4.79. The summed E-state index contributed by atoms with van der Waals surface area (Å²) in [6.07, 6.45) is 0.474. The minimum atomic E-state index is -0.0210. The van der Waals surface area contributed by atoms with Gasteiger partial charge in [-0.1, -0.05) is 48.5 Å². The first-order valence-electron chi connectivity index (χ1n) is 11.1. The molecule has 0 N–H and O–H groups in total. The molecule has 5 nitrogen and oxygen atoms in total. The molecule has 164 valence electrons. The first-order valence-corrected chi connectivity index (χ1v) is 11.1. The van der Waals surface area contributed by atoms with Crippen LogP contribution in [0.2, 0.25) is 0 Å². The number of nitrogens with zero attached hydrogens (tertiary/aromatic N) is 2. The molecule has 3 aromatic carbocycles. The van der Waals surface area contributed by atoms with Crippen LogP contribution in [0.15, 0.2) is 84.9 Å². The molecular formula is C27H28N2O3. The van der Waals surface area contributed by atoms with Crippen molar-refractivity contribution < 1.29 is 14.3 Å². The molecule has 1 aliphatic heterocycles. The quantitative estimate of drug-likeness (QED) is 0.484. The number of rotatable bonds is 8. The van der Waals surface area contributed by atoms with Gasteiger partial charge in [-0.15, -0.1) is 0 Å². The van der Waals surface area contributed by atoms with E-state index in [2.05, 4.69) is 29.2 Å². The van der Waals surface area contributed by atoms with E-state index in [4.69, 9.17) is 4.74 Å². The smallest absolute Gasteiger partial charge is 0.223 e. The van der Waals surface area contributed by atoms with E-state index in [1.807, 2.05) is 41.3 Å². The zero-order chi connectivity index (χ0) is 22.2. The highest BCUT2D eigenvalue weighted by molar-refractivity contribution is 5.98. The normalized spacial score (nSPS) is 14.2. The Morgan fingerprint density at radius 2 is 1.28 bits per heavy atom. The molecule has 1 aliphatic rings. The summed E-state index contributed by atoms with van der Waals surface area (Å²) >= 11 is 0. The van der Waals surface area contributed by atoms with Gasteiger partial charge in [-0.25, -0.2) is 0 Å². The number of Topliss-reactive ketones (excluding diaryl/α,β-unsaturated/α-hetero) is 1. The SMILES string of the molecule is O=C(CCC(=O)N1CCN(Cc2ccccc2)CC1)c1ccc(Oc2ccccc2)cc1. The number of amides is 1. The van der Waals surface area contributed by atoms with Crippen LogP contribution in [-0.4, -0.2) is 47.7 Å². The van der Waals surface area contributed by atoms with Crippen LogP contribution < -0.4 is 4.74 Å². The zero-order valence-electron chi connectivity index (χ0n) is 18.2. The number of carbonyl (C=O) groups excluding carboxylic acids is 2. The summed E-state index contributed by atoms with van der Waals surface area (Å²) in [4.78, 5) is 29.4. The van der Waals surface area contributed by atoms with Crippen LogP contribution in [0.5, 0.6) is 11.5 Å². The molecule has 0 saturated carbocycles. The van der Waals surface area contributed by atoms with Crippen molar-refractivity contribution >= 4 is 11.7 Å². The average molecular weight is 429 g/mol. The van der Waals surface area contributed by atoms with Gasteiger partial charge in [-0.05, 0) is 42.0 Å². The lowest BCUT2D eigenvalue weighted by molar-refractivity contribution is -0.132. The minimum absolute atomic E-state index is 0.0210. The largest absolute Gasteiger partial charge is 0.457 e. The number of hydrogen-bond acceptors (Lipinski definition) is 4. The lowest BCUT2D eigenvalue weighted by Crippen LogP contribution is -2.48. The van der Waals surface area contributed by atoms with Gasteiger partial charge >= 0.3 is 0 Å². The van der Waals surface area contributed by atoms with E-state index in [0.29, 0.717) is 24.4 Å². The maximum absolute atomic E-state index is 12.6. The minimum Gasteiger partial charge on any atom is -0.457 e. The van der Waals surface area contributed by atoms with Gasteiger partial charge in [-0.2, -0.15) is 0 Å². The summed E-state index contributed by atoms with van der Waals surface area (Å²) in [5.41, 5.74) is 1.89. The van der Waals surface area contributed by atoms with Gasteiger partial charge in [-0.3, -0.25) is 14.5 Å². The van der Waals surface area contributed by atoms with E-state index in [0.717, 1.165) is 25.4 Å². The maximum Gasteiger partial charge on any atom is 0.223 e. The predicted molar refractivity (Wildman–Crippen MR) is 125 cm³/mol. The number of ether oxygens (including phenoxy) is 1. The summed E-state index contributed by atoms with van der Waals surface area (Å²) < 4.78 is 5.76. The van der Waals surface area contributed by atoms with Gasteiger partial charge in [0.2, 0.25) is 5.91 Å². The molecule has 0 radical (unpaired) electrons. The molecule has 0 aliphatic carbocycles. The standard InChI is InChI=1S/C27H28N2O3/c30-26(23-11-13-25(14-12-23)32-24-9-5-2-6-10-24)15-16-27(31)29-19-17-28(18-20-29)21-22-7-3-1-4-8-22/h1-14H,15-21H2. The van der Waals surface area contributed by atoms with Gasteiger partial charge < -0.3 is 9.64 Å². The highest BCUT2D eigenvalue weighted by Crippen LogP contribution is 2.22. The molecular weight excluding hydrogens is 400 g/mol. The molecule has 1 heterocycles. The van der Waals surface area contributed by atoms with Crippen LogP contribution in [0.1, 0.15) is 28.8 Å². The third-order valence-electron chi connectivity index (χ3n) is 5.70. The zero-order valence-corrected chi connectivity index (χ0v) is 18.2. The molecule has 0 aromatic heterocycles. The Balaban J connectivity index is 1.20. The maximum atomic E-state index is 12.6. The molecule has 0 bridgehead atoms. The Hall–Kier alpha value is -3.44. The number of para-hydroxylation sites is 1. The molecule has 0 unspecified atom stereocenters. The molecule has 32 heavy (non-hydrogen) atoms. The topological polar surface area (TPSA) is 49.9 Å². The average Bonchev–Trinajstić information content (AvgIpc) is 2.84. The van der Waals surface area contributed by atoms with Gasteiger partial charge in [0.15, 0.2) is 5.78 Å². The van der Waals surface area contributed by atoms with E-state index in [-0.39, 0.29) is 24.5 Å². The number of carbonyl (C=O) groups is 2. The summed E-state index contributed by atoms with van der Waals surface area (Å²) in [6, 6.07) is 27.0. The molecule has 4 rings (SSSR count). The molecule has 3 aromatic rings. The van der Waals surface area contributed by atoms with E-state index in [9.17, 15) is 9.59 Å². The van der Waals surface area contributed by atoms with Crippen molar-refractivity contribution in [1.82, 2.24) is 9.80 Å². The van der Waals surface area contributed by atoms with Crippen LogP contribution in [0.3, 0.4) is 0 Å². The number of benzene rings is 3. The summed E-state index contributed by atoms with van der Waals surface area (Å²) in [5, 5.41) is 0. The van der Waals surface area contributed by atoms with E-state index >= 15 is 0 Å². The monoisotopic (exact) mass is 428 g/mol. The van der Waals surface area contributed by atoms with Crippen molar-refractivity contribution in [2.75, 3.05) is 26.2 Å². The Morgan fingerprint density at radius 3 is 1.94 bits per heavy atom. The molecule has 0 atom stereocenters. The summed E-state index contributed by atoms with van der Waals surface area (Å²) in [7, 11) is 0. The van der Waals surface area contributed by atoms with Crippen molar-refractivity contribution in [2.45, 2.75) is 19.4 Å². The second-order valence-corrected chi connectivity index (χ2v) is 8.01. The van der Waals surface area contributed by atoms with Crippen LogP contribution in [0.4, 0.5) is 0 Å². The Kier molecular flexibility index (Phi) is 7.31.